The topological polar surface area (TPSA) is 75.6 Å². The first-order chi connectivity index (χ1) is 13.6. The monoisotopic (exact) mass is 401 g/mol. The Bertz CT molecular complexity index is 774. The molecular weight excluding hydrogens is 366 g/mol. The number of carbonyl (C=O) groups is 2. The predicted molar refractivity (Wildman–Crippen MR) is 111 cm³/mol. The standard InChI is InChI=1S/C24H35NO4/c1-23(2,3)25-21(26)20-10-9-19-18-7-5-14-13-15(29-22(27)28)6-8-16(14)17(18)11-12-24(19,20)4/h13,17-20H,5-12H2,1-4H3,(H,25,26)(H,27,28)/t17-,18-,19+,20-,24+/m1/s1. The van der Waals surface area contributed by atoms with Crippen LogP contribution in [-0.4, -0.2) is 22.7 Å². The van der Waals surface area contributed by atoms with Crippen LogP contribution in [0.15, 0.2) is 23.0 Å². The van der Waals surface area contributed by atoms with Crippen molar-refractivity contribution in [1.82, 2.24) is 5.32 Å². The molecule has 0 bridgehead atoms. The number of allylic oxidation sites excluding steroid dienone is 4. The van der Waals surface area contributed by atoms with E-state index in [1.165, 1.54) is 5.57 Å². The number of amides is 1. The van der Waals surface area contributed by atoms with Gasteiger partial charge < -0.3 is 15.2 Å². The van der Waals surface area contributed by atoms with Crippen molar-refractivity contribution >= 4 is 12.1 Å². The fraction of sp³-hybridized carbons (Fsp3) is 0.750. The number of hydrogen-bond donors (Lipinski definition) is 2. The molecule has 4 rings (SSSR count). The molecule has 0 heterocycles. The third-order valence-electron chi connectivity index (χ3n) is 8.05. The normalized spacial score (nSPS) is 36.5. The molecule has 1 amide bonds. The summed E-state index contributed by atoms with van der Waals surface area (Å²) < 4.78 is 4.94. The lowest BCUT2D eigenvalue weighted by atomic mass is 9.53. The third kappa shape index (κ3) is 3.73. The zero-order chi connectivity index (χ0) is 21.0. The van der Waals surface area contributed by atoms with Crippen LogP contribution in [0.1, 0.15) is 79.1 Å². The van der Waals surface area contributed by atoms with Crippen molar-refractivity contribution in [2.45, 2.75) is 84.6 Å². The summed E-state index contributed by atoms with van der Waals surface area (Å²) >= 11 is 0. The number of fused-ring (bicyclic) bond motifs is 4. The van der Waals surface area contributed by atoms with Crippen molar-refractivity contribution in [3.8, 4) is 0 Å². The number of carbonyl (C=O) groups excluding carboxylic acids is 1. The number of hydrogen-bond acceptors (Lipinski definition) is 3. The molecule has 2 fully saturated rings. The molecule has 4 aliphatic carbocycles. The summed E-state index contributed by atoms with van der Waals surface area (Å²) in [5, 5.41) is 12.1. The van der Waals surface area contributed by atoms with Crippen molar-refractivity contribution in [2.24, 2.45) is 29.1 Å². The van der Waals surface area contributed by atoms with Gasteiger partial charge in [0.05, 0.1) is 0 Å². The fourth-order valence-corrected chi connectivity index (χ4v) is 6.96. The number of nitrogens with one attached hydrogen (secondary N) is 1. The molecule has 0 spiro atoms. The zero-order valence-electron chi connectivity index (χ0n) is 18.2. The molecule has 5 heteroatoms. The van der Waals surface area contributed by atoms with Crippen molar-refractivity contribution in [2.75, 3.05) is 0 Å². The molecule has 29 heavy (non-hydrogen) atoms. The highest BCUT2D eigenvalue weighted by atomic mass is 16.7. The van der Waals surface area contributed by atoms with Gasteiger partial charge in [-0.3, -0.25) is 4.79 Å². The molecule has 5 atom stereocenters. The predicted octanol–water partition coefficient (Wildman–Crippen LogP) is 5.42. The number of ether oxygens (including phenoxy) is 1. The average molecular weight is 402 g/mol. The summed E-state index contributed by atoms with van der Waals surface area (Å²) in [4.78, 5) is 23.9. The van der Waals surface area contributed by atoms with Gasteiger partial charge in [0.1, 0.15) is 5.76 Å². The van der Waals surface area contributed by atoms with Crippen molar-refractivity contribution in [1.29, 1.82) is 0 Å². The highest BCUT2D eigenvalue weighted by molar-refractivity contribution is 5.80. The van der Waals surface area contributed by atoms with Crippen molar-refractivity contribution in [3.63, 3.8) is 0 Å². The Hall–Kier alpha value is -1.78. The molecule has 2 saturated carbocycles. The minimum Gasteiger partial charge on any atom is -0.449 e. The molecule has 0 radical (unpaired) electrons. The molecule has 160 valence electrons. The highest BCUT2D eigenvalue weighted by Crippen LogP contribution is 2.63. The third-order valence-corrected chi connectivity index (χ3v) is 8.05. The van der Waals surface area contributed by atoms with E-state index in [0.29, 0.717) is 29.9 Å². The van der Waals surface area contributed by atoms with Gasteiger partial charge in [-0.15, -0.1) is 0 Å². The van der Waals surface area contributed by atoms with Crippen LogP contribution in [0.25, 0.3) is 0 Å². The van der Waals surface area contributed by atoms with Crippen LogP contribution < -0.4 is 5.32 Å². The van der Waals surface area contributed by atoms with Crippen LogP contribution in [0.2, 0.25) is 0 Å². The van der Waals surface area contributed by atoms with Crippen LogP contribution in [-0.2, 0) is 9.53 Å². The average Bonchev–Trinajstić information content (AvgIpc) is 2.96. The minimum atomic E-state index is -1.21. The molecule has 0 aromatic heterocycles. The van der Waals surface area contributed by atoms with E-state index in [1.54, 1.807) is 5.57 Å². The highest BCUT2D eigenvalue weighted by Gasteiger charge is 2.57. The second kappa shape index (κ2) is 7.17. The minimum absolute atomic E-state index is 0.108. The summed E-state index contributed by atoms with van der Waals surface area (Å²) in [6, 6.07) is 0. The van der Waals surface area contributed by atoms with E-state index < -0.39 is 6.16 Å². The quantitative estimate of drug-likeness (QED) is 0.606. The molecule has 4 aliphatic rings. The van der Waals surface area contributed by atoms with E-state index in [-0.39, 0.29) is 22.8 Å². The summed E-state index contributed by atoms with van der Waals surface area (Å²) in [5.74, 6) is 2.85. The van der Waals surface area contributed by atoms with Gasteiger partial charge in [-0.25, -0.2) is 4.79 Å². The van der Waals surface area contributed by atoms with Gasteiger partial charge in [-0.1, -0.05) is 12.5 Å². The second-order valence-corrected chi connectivity index (χ2v) is 10.9. The van der Waals surface area contributed by atoms with Gasteiger partial charge in [0, 0.05) is 17.9 Å². The molecule has 0 aromatic carbocycles. The summed E-state index contributed by atoms with van der Waals surface area (Å²) in [7, 11) is 0. The van der Waals surface area contributed by atoms with Gasteiger partial charge >= 0.3 is 6.16 Å². The Morgan fingerprint density at radius 2 is 1.90 bits per heavy atom. The van der Waals surface area contributed by atoms with Gasteiger partial charge in [-0.05, 0) is 101 Å². The molecule has 5 nitrogen and oxygen atoms in total. The van der Waals surface area contributed by atoms with Crippen LogP contribution in [0, 0.1) is 29.1 Å². The SMILES string of the molecule is CC(C)(C)NC(=O)[C@H]1CC[C@H]2[C@@H]3CCC4=C(CCC(OC(=O)O)=C4)[C@H]3CC[C@]12C. The van der Waals surface area contributed by atoms with Gasteiger partial charge in [0.15, 0.2) is 0 Å². The summed E-state index contributed by atoms with van der Waals surface area (Å²) in [6.45, 7) is 8.55. The maximum absolute atomic E-state index is 13.0. The Morgan fingerprint density at radius 3 is 2.59 bits per heavy atom. The van der Waals surface area contributed by atoms with E-state index >= 15 is 0 Å². The Labute approximate surface area is 174 Å². The largest absolute Gasteiger partial charge is 0.511 e. The molecule has 0 unspecified atom stereocenters. The van der Waals surface area contributed by atoms with Gasteiger partial charge in [0.2, 0.25) is 5.91 Å². The van der Waals surface area contributed by atoms with Crippen LogP contribution in [0.3, 0.4) is 0 Å². The Kier molecular flexibility index (Phi) is 5.07. The maximum atomic E-state index is 13.0. The van der Waals surface area contributed by atoms with Crippen LogP contribution in [0.4, 0.5) is 4.79 Å². The maximum Gasteiger partial charge on any atom is 0.511 e. The zero-order valence-corrected chi connectivity index (χ0v) is 18.2. The smallest absolute Gasteiger partial charge is 0.449 e. The first kappa shape index (κ1) is 20.5. The molecule has 2 N–H and O–H groups in total. The van der Waals surface area contributed by atoms with E-state index in [0.717, 1.165) is 44.9 Å². The van der Waals surface area contributed by atoms with Crippen LogP contribution in [0.5, 0.6) is 0 Å². The lowest BCUT2D eigenvalue weighted by Gasteiger charge is -2.51. The summed E-state index contributed by atoms with van der Waals surface area (Å²) in [5.41, 5.74) is 2.79. The first-order valence-corrected chi connectivity index (χ1v) is 11.2. The van der Waals surface area contributed by atoms with Gasteiger partial charge in [-0.2, -0.15) is 0 Å². The van der Waals surface area contributed by atoms with Crippen LogP contribution >= 0.6 is 0 Å². The van der Waals surface area contributed by atoms with E-state index in [2.05, 4.69) is 33.0 Å². The number of rotatable bonds is 2. The second-order valence-electron chi connectivity index (χ2n) is 10.9. The molecule has 0 aliphatic heterocycles. The fourth-order valence-electron chi connectivity index (χ4n) is 6.96. The summed E-state index contributed by atoms with van der Waals surface area (Å²) in [6.07, 6.45) is 8.97. The number of carboxylic acid groups (broad SMARTS) is 1. The van der Waals surface area contributed by atoms with Crippen molar-refractivity contribution < 1.29 is 19.4 Å². The van der Waals surface area contributed by atoms with E-state index in [1.807, 2.05) is 6.08 Å². The lowest BCUT2D eigenvalue weighted by molar-refractivity contribution is -0.132. The Balaban J connectivity index is 1.53. The lowest BCUT2D eigenvalue weighted by Crippen LogP contribution is -2.50. The molecular formula is C24H35NO4. The molecule has 0 aromatic rings. The van der Waals surface area contributed by atoms with Crippen molar-refractivity contribution in [3.05, 3.63) is 23.0 Å². The Morgan fingerprint density at radius 1 is 1.14 bits per heavy atom. The van der Waals surface area contributed by atoms with E-state index in [4.69, 9.17) is 9.84 Å². The first-order valence-electron chi connectivity index (χ1n) is 11.2. The van der Waals surface area contributed by atoms with E-state index in [9.17, 15) is 9.59 Å². The molecule has 0 saturated heterocycles. The van der Waals surface area contributed by atoms with Gasteiger partial charge in [0.25, 0.3) is 0 Å².